The fraction of sp³-hybridized carbons (Fsp3) is 0.500. The van der Waals surface area contributed by atoms with Crippen LogP contribution < -0.4 is 9.88 Å². The molecule has 282 valence electrons. The Morgan fingerprint density at radius 3 is 1.56 bits per heavy atom. The van der Waals surface area contributed by atoms with Gasteiger partial charge in [0.2, 0.25) is 16.6 Å². The van der Waals surface area contributed by atoms with Gasteiger partial charge in [-0.15, -0.1) is 0 Å². The van der Waals surface area contributed by atoms with Crippen LogP contribution in [0.2, 0.25) is 98.2 Å². The van der Waals surface area contributed by atoms with E-state index < -0.39 is 51.5 Å². The fourth-order valence-electron chi connectivity index (χ4n) is 4.14. The Hall–Kier alpha value is -2.62. The zero-order valence-electron chi connectivity index (χ0n) is 33.7. The second-order valence-corrected chi connectivity index (χ2v) is 41.6. The Labute approximate surface area is 309 Å². The summed E-state index contributed by atoms with van der Waals surface area (Å²) in [6.45, 7) is 33.9. The average molecular weight is 796 g/mol. The highest BCUT2D eigenvalue weighted by Crippen LogP contribution is 2.22. The third-order valence-electron chi connectivity index (χ3n) is 5.54. The van der Waals surface area contributed by atoms with Crippen molar-refractivity contribution in [2.75, 3.05) is 16.1 Å². The second kappa shape index (κ2) is 19.8. The predicted octanol–water partition coefficient (Wildman–Crippen LogP) is 10.0. The summed E-state index contributed by atoms with van der Waals surface area (Å²) in [5.74, 6) is 0.883. The third kappa shape index (κ3) is 24.5. The number of imidazole rings is 1. The summed E-state index contributed by atoms with van der Waals surface area (Å²) in [4.78, 5) is 16.6. The number of urea groups is 1. The molecule has 16 heteroatoms. The third-order valence-corrected chi connectivity index (χ3v) is 14.3. The minimum absolute atomic E-state index is 0.0680. The van der Waals surface area contributed by atoms with Gasteiger partial charge in [0.15, 0.2) is 30.6 Å². The number of amides is 2. The molecule has 10 nitrogen and oxygen atoms in total. The van der Waals surface area contributed by atoms with Crippen LogP contribution in [-0.4, -0.2) is 77.2 Å². The van der Waals surface area contributed by atoms with Crippen LogP contribution in [0.4, 0.5) is 16.2 Å². The van der Waals surface area contributed by atoms with E-state index >= 15 is 0 Å². The molecule has 0 radical (unpaired) electrons. The van der Waals surface area contributed by atoms with Crippen molar-refractivity contribution in [2.24, 2.45) is 4.66 Å². The van der Waals surface area contributed by atoms with E-state index in [-0.39, 0.29) is 6.03 Å². The molecule has 0 aliphatic rings. The minimum atomic E-state index is -3.22. The quantitative estimate of drug-likeness (QED) is 0.138. The molecule has 0 aliphatic heterocycles. The highest BCUT2D eigenvalue weighted by atomic mass is 32.2. The van der Waals surface area contributed by atoms with Crippen molar-refractivity contribution in [3.05, 3.63) is 79.4 Å². The van der Waals surface area contributed by atoms with Gasteiger partial charge in [-0.3, -0.25) is 4.66 Å². The molecule has 0 saturated carbocycles. The van der Waals surface area contributed by atoms with Crippen molar-refractivity contribution in [1.29, 1.82) is 0 Å². The number of nitrogens with zero attached hydrogens (tertiary/aromatic N) is 4. The molecule has 1 heterocycles. The van der Waals surface area contributed by atoms with Gasteiger partial charge in [0.1, 0.15) is 0 Å². The molecule has 0 spiro atoms. The van der Waals surface area contributed by atoms with Crippen LogP contribution >= 0.6 is 0 Å². The van der Waals surface area contributed by atoms with Gasteiger partial charge in [-0.05, 0) is 83.2 Å². The SMILES string of the molecule is CC(=N[Si](C)(C)C)O[Si](C)(C)C.C[Si](C)(C)N(C(=O)Nc1ccccc1)c1ccccc1.C[Si](C)(C)OS(C)(=O)=O.C[Si](C)(C)n1ccnc1. The number of anilines is 2. The van der Waals surface area contributed by atoms with Crippen molar-refractivity contribution in [3.63, 3.8) is 0 Å². The number of aromatic nitrogens is 2. The lowest BCUT2D eigenvalue weighted by atomic mass is 10.3. The molecular weight excluding hydrogens is 731 g/mol. The standard InChI is InChI=1S/C16H20N2OSi.C8H21NOSi2.C6H12N2Si.C4H12O3SSi/c1-20(2,3)18(15-12-8-5-9-13-15)16(19)17-14-10-6-4-7-11-14;1-8(9-11(2,3)4)10-12(5,6)7;1-9(2,3)8-5-4-7-6-8;1-8(5,6)7-9(2,3)4/h4-13H,1-3H3,(H,17,19);1-7H3;4-6H,1-3H3;1-4H3. The first-order chi connectivity index (χ1) is 22.4. The number of benzene rings is 2. The van der Waals surface area contributed by atoms with Crippen LogP contribution in [0.3, 0.4) is 0 Å². The van der Waals surface area contributed by atoms with Crippen molar-refractivity contribution < 1.29 is 21.5 Å². The molecule has 2 amide bonds. The van der Waals surface area contributed by atoms with E-state index in [1.165, 1.54) is 0 Å². The molecular formula is C34H65N5O5SSi5. The Bertz CT molecular complexity index is 1540. The first-order valence-corrected chi connectivity index (χ1v) is 35.7. The zero-order chi connectivity index (χ0) is 39.2. The molecule has 3 aromatic rings. The van der Waals surface area contributed by atoms with Gasteiger partial charge < -0.3 is 22.4 Å². The lowest BCUT2D eigenvalue weighted by Crippen LogP contribution is -2.52. The summed E-state index contributed by atoms with van der Waals surface area (Å²) in [5.41, 5.74) is 1.76. The average Bonchev–Trinajstić information content (AvgIpc) is 3.42. The topological polar surface area (TPSA) is 115 Å². The normalized spacial score (nSPS) is 12.5. The summed E-state index contributed by atoms with van der Waals surface area (Å²) in [6.07, 6.45) is 6.84. The molecule has 0 saturated heterocycles. The van der Waals surface area contributed by atoms with E-state index in [0.717, 1.165) is 23.5 Å². The van der Waals surface area contributed by atoms with E-state index in [1.54, 1.807) is 0 Å². The summed E-state index contributed by atoms with van der Waals surface area (Å²) in [6, 6.07) is 19.3. The maximum absolute atomic E-state index is 12.6. The Morgan fingerprint density at radius 2 is 1.26 bits per heavy atom. The van der Waals surface area contributed by atoms with Crippen molar-refractivity contribution in [2.45, 2.75) is 105 Å². The first-order valence-electron chi connectivity index (χ1n) is 16.8. The van der Waals surface area contributed by atoms with Gasteiger partial charge in [0.25, 0.3) is 10.1 Å². The van der Waals surface area contributed by atoms with Gasteiger partial charge in [-0.1, -0.05) is 75.7 Å². The summed E-state index contributed by atoms with van der Waals surface area (Å²) < 4.78 is 40.1. The van der Waals surface area contributed by atoms with E-state index in [2.05, 4.69) is 97.8 Å². The predicted molar refractivity (Wildman–Crippen MR) is 229 cm³/mol. The van der Waals surface area contributed by atoms with Crippen molar-refractivity contribution >= 4 is 74.8 Å². The van der Waals surface area contributed by atoms with E-state index in [4.69, 9.17) is 8.30 Å². The van der Waals surface area contributed by atoms with Crippen LogP contribution in [0.5, 0.6) is 0 Å². The number of hydrogen-bond donors (Lipinski definition) is 1. The maximum Gasteiger partial charge on any atom is 0.318 e. The molecule has 1 aromatic heterocycles. The molecule has 2 aromatic carbocycles. The molecule has 0 aliphatic carbocycles. The number of carbonyl (C=O) groups is 1. The number of carbonyl (C=O) groups excluding carboxylic acids is 1. The smallest absolute Gasteiger partial charge is 0.318 e. The fourth-order valence-corrected chi connectivity index (χ4v) is 12.3. The number of hydrogen-bond acceptors (Lipinski definition) is 7. The second-order valence-electron chi connectivity index (χ2n) is 16.7. The minimum Gasteiger partial charge on any atom is -0.535 e. The van der Waals surface area contributed by atoms with E-state index in [9.17, 15) is 13.2 Å². The lowest BCUT2D eigenvalue weighted by molar-refractivity contribution is 0.259. The molecule has 0 bridgehead atoms. The Balaban J connectivity index is 0.000000688. The van der Waals surface area contributed by atoms with Crippen LogP contribution in [0.25, 0.3) is 0 Å². The zero-order valence-corrected chi connectivity index (χ0v) is 39.6. The van der Waals surface area contributed by atoms with Crippen LogP contribution in [0.1, 0.15) is 6.92 Å². The first kappa shape index (κ1) is 47.4. The van der Waals surface area contributed by atoms with Crippen molar-refractivity contribution in [1.82, 2.24) is 9.22 Å². The van der Waals surface area contributed by atoms with Gasteiger partial charge in [0.05, 0.1) is 12.6 Å². The molecule has 1 N–H and O–H groups in total. The largest absolute Gasteiger partial charge is 0.535 e. The Kier molecular flexibility index (Phi) is 18.8. The Morgan fingerprint density at radius 1 is 0.780 bits per heavy atom. The van der Waals surface area contributed by atoms with Crippen molar-refractivity contribution in [3.8, 4) is 0 Å². The van der Waals surface area contributed by atoms with Crippen LogP contribution in [-0.2, 0) is 18.4 Å². The van der Waals surface area contributed by atoms with Gasteiger partial charge in [-0.2, -0.15) is 0 Å². The highest BCUT2D eigenvalue weighted by Gasteiger charge is 2.30. The van der Waals surface area contributed by atoms with Gasteiger partial charge in [0, 0.05) is 30.7 Å². The summed E-state index contributed by atoms with van der Waals surface area (Å²) in [5, 5.41) is 2.97. The highest BCUT2D eigenvalue weighted by molar-refractivity contribution is 7.87. The monoisotopic (exact) mass is 795 g/mol. The summed E-state index contributed by atoms with van der Waals surface area (Å²) in [7, 11) is -10.8. The van der Waals surface area contributed by atoms with Crippen LogP contribution in [0.15, 0.2) is 84.0 Å². The number of nitrogens with one attached hydrogen (secondary N) is 1. The number of rotatable bonds is 8. The lowest BCUT2D eigenvalue weighted by Gasteiger charge is -2.34. The molecule has 0 unspecified atom stereocenters. The molecule has 0 atom stereocenters. The molecule has 0 fully saturated rings. The molecule has 3 rings (SSSR count). The van der Waals surface area contributed by atoms with E-state index in [1.807, 2.05) is 111 Å². The van der Waals surface area contributed by atoms with Crippen LogP contribution in [0, 0.1) is 0 Å². The summed E-state index contributed by atoms with van der Waals surface area (Å²) >= 11 is 0. The van der Waals surface area contributed by atoms with E-state index in [0.29, 0.717) is 0 Å². The van der Waals surface area contributed by atoms with Gasteiger partial charge >= 0.3 is 6.03 Å². The number of para-hydroxylation sites is 2. The maximum atomic E-state index is 12.6. The molecule has 50 heavy (non-hydrogen) atoms. The van der Waals surface area contributed by atoms with Gasteiger partial charge in [-0.25, -0.2) is 18.2 Å².